The lowest BCUT2D eigenvalue weighted by Crippen LogP contribution is -2.37. The molecular formula is C22H25N5O2. The fourth-order valence-electron chi connectivity index (χ4n) is 3.29. The van der Waals surface area contributed by atoms with Crippen LogP contribution in [0, 0.1) is 6.92 Å². The zero-order chi connectivity index (χ0) is 20.6. The number of hydrogen-bond acceptors (Lipinski definition) is 3. The maximum absolute atomic E-state index is 12.6. The fourth-order valence-corrected chi connectivity index (χ4v) is 3.29. The molecule has 1 aromatic heterocycles. The Kier molecular flexibility index (Phi) is 6.63. The minimum atomic E-state index is -0.657. The van der Waals surface area contributed by atoms with Crippen molar-refractivity contribution in [3.05, 3.63) is 89.2 Å². The number of hydrogen-bond donors (Lipinski definition) is 3. The summed E-state index contributed by atoms with van der Waals surface area (Å²) in [5.41, 5.74) is 9.29. The molecule has 0 radical (unpaired) electrons. The van der Waals surface area contributed by atoms with Gasteiger partial charge in [-0.15, -0.1) is 0 Å². The molecule has 0 aliphatic heterocycles. The van der Waals surface area contributed by atoms with Crippen LogP contribution in [0.15, 0.2) is 67.0 Å². The quantitative estimate of drug-likeness (QED) is 0.550. The van der Waals surface area contributed by atoms with Gasteiger partial charge in [0.2, 0.25) is 5.91 Å². The molecule has 0 fully saturated rings. The van der Waals surface area contributed by atoms with Gasteiger partial charge in [-0.2, -0.15) is 5.10 Å². The summed E-state index contributed by atoms with van der Waals surface area (Å²) in [7, 11) is 0. The highest BCUT2D eigenvalue weighted by atomic mass is 16.2. The Morgan fingerprint density at radius 2 is 1.79 bits per heavy atom. The molecule has 1 unspecified atom stereocenters. The lowest BCUT2D eigenvalue weighted by molar-refractivity contribution is -0.121. The average Bonchev–Trinajstić information content (AvgIpc) is 3.20. The molecule has 0 bridgehead atoms. The first kappa shape index (κ1) is 20.1. The topological polar surface area (TPSA) is 102 Å². The zero-order valence-corrected chi connectivity index (χ0v) is 16.3. The van der Waals surface area contributed by atoms with Crippen molar-refractivity contribution in [2.45, 2.75) is 32.5 Å². The number of benzene rings is 2. The van der Waals surface area contributed by atoms with Crippen molar-refractivity contribution >= 4 is 11.9 Å². The molecule has 1 heterocycles. The Morgan fingerprint density at radius 1 is 1.07 bits per heavy atom. The predicted molar refractivity (Wildman–Crippen MR) is 111 cm³/mol. The number of aromatic nitrogens is 2. The summed E-state index contributed by atoms with van der Waals surface area (Å²) >= 11 is 0. The van der Waals surface area contributed by atoms with Crippen molar-refractivity contribution < 1.29 is 9.59 Å². The minimum Gasteiger partial charge on any atom is -0.352 e. The largest absolute Gasteiger partial charge is 0.352 e. The van der Waals surface area contributed by atoms with Gasteiger partial charge in [0, 0.05) is 18.9 Å². The summed E-state index contributed by atoms with van der Waals surface area (Å²) in [6, 6.07) is 16.3. The number of rotatable bonds is 8. The molecule has 4 N–H and O–H groups in total. The minimum absolute atomic E-state index is 0.106. The van der Waals surface area contributed by atoms with Crippen LogP contribution < -0.4 is 16.4 Å². The Balaban J connectivity index is 1.65. The summed E-state index contributed by atoms with van der Waals surface area (Å²) in [6.45, 7) is 2.97. The van der Waals surface area contributed by atoms with Gasteiger partial charge >= 0.3 is 6.03 Å². The number of nitrogens with one attached hydrogen (secondary N) is 2. The van der Waals surface area contributed by atoms with E-state index in [9.17, 15) is 9.59 Å². The Bertz CT molecular complexity index is 969. The van der Waals surface area contributed by atoms with Gasteiger partial charge in [0.05, 0.1) is 19.0 Å². The summed E-state index contributed by atoms with van der Waals surface area (Å²) in [5.74, 6) is -0.166. The molecule has 3 amide bonds. The molecule has 3 aromatic rings. The van der Waals surface area contributed by atoms with Crippen LogP contribution in [-0.4, -0.2) is 21.7 Å². The standard InChI is InChI=1S/C22H25N5O2/c1-16-7-2-5-10-19(16)20(26-22(23)29)13-21(28)24-14-17-8-3-4-9-18(17)15-27-12-6-11-25-27/h2-12,20H,13-15H2,1H3,(H,24,28)(H3,23,26,29). The number of amides is 3. The maximum atomic E-state index is 12.6. The second kappa shape index (κ2) is 9.54. The van der Waals surface area contributed by atoms with Crippen molar-refractivity contribution in [1.29, 1.82) is 0 Å². The number of carbonyl (C=O) groups is 2. The number of nitrogens with zero attached hydrogens (tertiary/aromatic N) is 2. The normalized spacial score (nSPS) is 11.6. The van der Waals surface area contributed by atoms with Gasteiger partial charge in [0.15, 0.2) is 0 Å². The van der Waals surface area contributed by atoms with E-state index in [2.05, 4.69) is 15.7 Å². The summed E-state index contributed by atoms with van der Waals surface area (Å²) < 4.78 is 1.84. The van der Waals surface area contributed by atoms with Gasteiger partial charge in [-0.1, -0.05) is 48.5 Å². The third kappa shape index (κ3) is 5.68. The van der Waals surface area contributed by atoms with Crippen molar-refractivity contribution in [3.63, 3.8) is 0 Å². The molecule has 0 spiro atoms. The summed E-state index contributed by atoms with van der Waals surface area (Å²) in [5, 5.41) is 9.86. The number of urea groups is 1. The van der Waals surface area contributed by atoms with E-state index in [1.807, 2.05) is 72.4 Å². The molecule has 1 atom stereocenters. The molecule has 0 saturated carbocycles. The highest BCUT2D eigenvalue weighted by Crippen LogP contribution is 2.20. The van der Waals surface area contributed by atoms with E-state index in [0.717, 1.165) is 22.3 Å². The Labute approximate surface area is 169 Å². The first-order chi connectivity index (χ1) is 14.0. The maximum Gasteiger partial charge on any atom is 0.312 e. The number of aryl methyl sites for hydroxylation is 1. The number of carbonyl (C=O) groups excluding carboxylic acids is 2. The highest BCUT2D eigenvalue weighted by molar-refractivity contribution is 5.79. The van der Waals surface area contributed by atoms with Gasteiger partial charge in [0.25, 0.3) is 0 Å². The van der Waals surface area contributed by atoms with Crippen LogP contribution in [0.3, 0.4) is 0 Å². The number of primary amides is 1. The second-order valence-corrected chi connectivity index (χ2v) is 6.87. The van der Waals surface area contributed by atoms with Crippen molar-refractivity contribution in [2.24, 2.45) is 5.73 Å². The Morgan fingerprint density at radius 3 is 2.48 bits per heavy atom. The second-order valence-electron chi connectivity index (χ2n) is 6.87. The molecule has 3 rings (SSSR count). The number of nitrogens with two attached hydrogens (primary N) is 1. The first-order valence-corrected chi connectivity index (χ1v) is 9.45. The van der Waals surface area contributed by atoms with Crippen LogP contribution >= 0.6 is 0 Å². The molecule has 0 aliphatic carbocycles. The molecule has 150 valence electrons. The fraction of sp³-hybridized carbons (Fsp3) is 0.227. The van der Waals surface area contributed by atoms with Crippen LogP contribution in [0.1, 0.15) is 34.7 Å². The predicted octanol–water partition coefficient (Wildman–Crippen LogP) is 2.66. The van der Waals surface area contributed by atoms with Crippen molar-refractivity contribution in [2.75, 3.05) is 0 Å². The molecule has 29 heavy (non-hydrogen) atoms. The summed E-state index contributed by atoms with van der Waals surface area (Å²) in [6.07, 6.45) is 3.74. The smallest absolute Gasteiger partial charge is 0.312 e. The molecule has 2 aromatic carbocycles. The van der Waals surface area contributed by atoms with Gasteiger partial charge in [0.1, 0.15) is 0 Å². The van der Waals surface area contributed by atoms with E-state index in [0.29, 0.717) is 13.1 Å². The summed E-state index contributed by atoms with van der Waals surface area (Å²) in [4.78, 5) is 24.0. The van der Waals surface area contributed by atoms with E-state index >= 15 is 0 Å². The lowest BCUT2D eigenvalue weighted by Gasteiger charge is -2.20. The van der Waals surface area contributed by atoms with Crippen LogP contribution in [0.2, 0.25) is 0 Å². The van der Waals surface area contributed by atoms with Crippen LogP contribution in [0.25, 0.3) is 0 Å². The van der Waals surface area contributed by atoms with Crippen LogP contribution in [-0.2, 0) is 17.9 Å². The first-order valence-electron chi connectivity index (χ1n) is 9.45. The molecular weight excluding hydrogens is 366 g/mol. The molecule has 0 saturated heterocycles. The zero-order valence-electron chi connectivity index (χ0n) is 16.3. The molecule has 0 aliphatic rings. The highest BCUT2D eigenvalue weighted by Gasteiger charge is 2.19. The van der Waals surface area contributed by atoms with Gasteiger partial charge in [-0.05, 0) is 35.2 Å². The van der Waals surface area contributed by atoms with E-state index in [4.69, 9.17) is 5.73 Å². The molecule has 7 heteroatoms. The monoisotopic (exact) mass is 391 g/mol. The van der Waals surface area contributed by atoms with E-state index in [1.165, 1.54) is 0 Å². The van der Waals surface area contributed by atoms with Gasteiger partial charge < -0.3 is 16.4 Å². The van der Waals surface area contributed by atoms with E-state index in [1.54, 1.807) is 6.20 Å². The Hall–Kier alpha value is -3.61. The van der Waals surface area contributed by atoms with E-state index in [-0.39, 0.29) is 12.3 Å². The van der Waals surface area contributed by atoms with Gasteiger partial charge in [-0.25, -0.2) is 4.79 Å². The van der Waals surface area contributed by atoms with Crippen molar-refractivity contribution in [1.82, 2.24) is 20.4 Å². The van der Waals surface area contributed by atoms with Crippen molar-refractivity contribution in [3.8, 4) is 0 Å². The van der Waals surface area contributed by atoms with E-state index < -0.39 is 12.1 Å². The molecule has 7 nitrogen and oxygen atoms in total. The van der Waals surface area contributed by atoms with Gasteiger partial charge in [-0.3, -0.25) is 9.48 Å². The average molecular weight is 391 g/mol. The third-order valence-corrected chi connectivity index (χ3v) is 4.76. The SMILES string of the molecule is Cc1ccccc1C(CC(=O)NCc1ccccc1Cn1cccn1)NC(N)=O. The lowest BCUT2D eigenvalue weighted by atomic mass is 9.98. The third-order valence-electron chi connectivity index (χ3n) is 4.76. The van der Waals surface area contributed by atoms with Crippen LogP contribution in [0.5, 0.6) is 0 Å². The van der Waals surface area contributed by atoms with Crippen LogP contribution in [0.4, 0.5) is 4.79 Å².